The van der Waals surface area contributed by atoms with Crippen molar-refractivity contribution in [3.05, 3.63) is 66.2 Å². The molecule has 1 amide bonds. The normalized spacial score (nSPS) is 14.2. The van der Waals surface area contributed by atoms with Crippen LogP contribution in [-0.4, -0.2) is 22.0 Å². The van der Waals surface area contributed by atoms with Crippen LogP contribution >= 0.6 is 0 Å². The van der Waals surface area contributed by atoms with Crippen molar-refractivity contribution in [2.45, 2.75) is 38.3 Å². The third kappa shape index (κ3) is 4.34. The Bertz CT molecular complexity index is 868. The first-order valence-corrected chi connectivity index (χ1v) is 9.18. The zero-order valence-corrected chi connectivity index (χ0v) is 14.9. The number of carbonyl (C=O) groups excluding carboxylic acids is 1. The van der Waals surface area contributed by atoms with Gasteiger partial charge in [-0.1, -0.05) is 6.07 Å². The summed E-state index contributed by atoms with van der Waals surface area (Å²) in [4.78, 5) is 20.9. The highest BCUT2D eigenvalue weighted by molar-refractivity contribution is 5.93. The Hall–Kier alpha value is -3.15. The Morgan fingerprint density at radius 1 is 1.11 bits per heavy atom. The van der Waals surface area contributed by atoms with Gasteiger partial charge in [0.15, 0.2) is 5.76 Å². The average molecular weight is 363 g/mol. The molecule has 1 aliphatic carbocycles. The molecule has 1 saturated carbocycles. The lowest BCUT2D eigenvalue weighted by atomic mass is 10.2. The first kappa shape index (κ1) is 17.3. The summed E-state index contributed by atoms with van der Waals surface area (Å²) in [5.74, 6) is 1.12. The van der Waals surface area contributed by atoms with Gasteiger partial charge < -0.3 is 14.5 Å². The highest BCUT2D eigenvalue weighted by Gasteiger charge is 2.17. The second kappa shape index (κ2) is 8.03. The van der Waals surface area contributed by atoms with Gasteiger partial charge in [0.1, 0.15) is 11.8 Å². The maximum Gasteiger partial charge on any atom is 0.253 e. The number of ether oxygens (including phenoxy) is 1. The van der Waals surface area contributed by atoms with Crippen LogP contribution < -0.4 is 10.1 Å². The Morgan fingerprint density at radius 2 is 2.00 bits per heavy atom. The number of nitrogens with one attached hydrogen (secondary N) is 1. The molecule has 6 nitrogen and oxygen atoms in total. The van der Waals surface area contributed by atoms with Crippen LogP contribution in [0.25, 0.3) is 11.5 Å². The molecule has 3 aromatic heterocycles. The SMILES string of the molecule is O=C(NCc1ccc(-c2ccco2)nc1)c1ccc(OC2CCCC2)nc1. The van der Waals surface area contributed by atoms with Crippen LogP contribution in [0.2, 0.25) is 0 Å². The maximum atomic E-state index is 12.3. The van der Waals surface area contributed by atoms with Crippen molar-refractivity contribution in [2.75, 3.05) is 0 Å². The molecule has 1 fully saturated rings. The molecule has 0 unspecified atom stereocenters. The number of hydrogen-bond donors (Lipinski definition) is 1. The van der Waals surface area contributed by atoms with Gasteiger partial charge in [0.05, 0.1) is 11.8 Å². The van der Waals surface area contributed by atoms with Gasteiger partial charge in [-0.05, 0) is 55.5 Å². The number of furan rings is 1. The molecule has 0 atom stereocenters. The van der Waals surface area contributed by atoms with Gasteiger partial charge in [0.25, 0.3) is 5.91 Å². The molecule has 4 rings (SSSR count). The number of carbonyl (C=O) groups is 1. The average Bonchev–Trinajstić information content (AvgIpc) is 3.41. The quantitative estimate of drug-likeness (QED) is 0.716. The lowest BCUT2D eigenvalue weighted by molar-refractivity contribution is 0.0950. The van der Waals surface area contributed by atoms with E-state index >= 15 is 0 Å². The predicted octanol–water partition coefficient (Wildman–Crippen LogP) is 3.99. The van der Waals surface area contributed by atoms with E-state index in [1.165, 1.54) is 12.8 Å². The topological polar surface area (TPSA) is 77.2 Å². The van der Waals surface area contributed by atoms with E-state index in [1.54, 1.807) is 30.8 Å². The molecule has 0 saturated heterocycles. The fourth-order valence-electron chi connectivity index (χ4n) is 3.14. The molecule has 0 aromatic carbocycles. The van der Waals surface area contributed by atoms with Crippen molar-refractivity contribution in [3.63, 3.8) is 0 Å². The number of aromatic nitrogens is 2. The fourth-order valence-corrected chi connectivity index (χ4v) is 3.14. The van der Waals surface area contributed by atoms with Crippen molar-refractivity contribution < 1.29 is 13.9 Å². The fraction of sp³-hybridized carbons (Fsp3) is 0.286. The Balaban J connectivity index is 1.31. The maximum absolute atomic E-state index is 12.3. The lowest BCUT2D eigenvalue weighted by Crippen LogP contribution is -2.23. The summed E-state index contributed by atoms with van der Waals surface area (Å²) >= 11 is 0. The van der Waals surface area contributed by atoms with E-state index in [-0.39, 0.29) is 12.0 Å². The van der Waals surface area contributed by atoms with Crippen LogP contribution in [0.15, 0.2) is 59.5 Å². The van der Waals surface area contributed by atoms with Crippen LogP contribution in [0.1, 0.15) is 41.6 Å². The molecule has 6 heteroatoms. The molecule has 1 N–H and O–H groups in total. The number of pyridine rings is 2. The van der Waals surface area contributed by atoms with Crippen molar-refractivity contribution in [3.8, 4) is 17.3 Å². The predicted molar refractivity (Wildman–Crippen MR) is 100 cm³/mol. The molecule has 0 bridgehead atoms. The summed E-state index contributed by atoms with van der Waals surface area (Å²) in [6.45, 7) is 0.393. The van der Waals surface area contributed by atoms with E-state index in [9.17, 15) is 4.79 Å². The van der Waals surface area contributed by atoms with E-state index in [1.807, 2.05) is 24.3 Å². The zero-order valence-electron chi connectivity index (χ0n) is 14.9. The molecular formula is C21H21N3O3. The van der Waals surface area contributed by atoms with Gasteiger partial charge >= 0.3 is 0 Å². The smallest absolute Gasteiger partial charge is 0.253 e. The number of rotatable bonds is 6. The van der Waals surface area contributed by atoms with E-state index in [2.05, 4.69) is 15.3 Å². The van der Waals surface area contributed by atoms with Crippen molar-refractivity contribution in [2.24, 2.45) is 0 Å². The molecule has 1 aliphatic rings. The highest BCUT2D eigenvalue weighted by Crippen LogP contribution is 2.23. The van der Waals surface area contributed by atoms with Crippen LogP contribution in [0.4, 0.5) is 0 Å². The minimum atomic E-state index is -0.176. The minimum absolute atomic E-state index is 0.176. The second-order valence-electron chi connectivity index (χ2n) is 6.62. The van der Waals surface area contributed by atoms with Gasteiger partial charge in [-0.25, -0.2) is 4.98 Å². The Labute approximate surface area is 157 Å². The van der Waals surface area contributed by atoms with Crippen molar-refractivity contribution in [1.29, 1.82) is 0 Å². The number of nitrogens with zero attached hydrogens (tertiary/aromatic N) is 2. The molecule has 0 spiro atoms. The van der Waals surface area contributed by atoms with E-state index in [0.29, 0.717) is 18.0 Å². The molecule has 0 aliphatic heterocycles. The molecular weight excluding hydrogens is 342 g/mol. The largest absolute Gasteiger partial charge is 0.474 e. The molecule has 3 heterocycles. The highest BCUT2D eigenvalue weighted by atomic mass is 16.5. The summed E-state index contributed by atoms with van der Waals surface area (Å²) in [7, 11) is 0. The molecule has 27 heavy (non-hydrogen) atoms. The molecule has 3 aromatic rings. The monoisotopic (exact) mass is 363 g/mol. The standard InChI is InChI=1S/C21H21N3O3/c25-21(16-8-10-20(23-14-16)27-17-4-1-2-5-17)24-13-15-7-9-18(22-12-15)19-6-3-11-26-19/h3,6-12,14,17H,1-2,4-5,13H2,(H,24,25). The van der Waals surface area contributed by atoms with E-state index < -0.39 is 0 Å². The van der Waals surface area contributed by atoms with Gasteiger partial charge in [-0.3, -0.25) is 9.78 Å². The molecule has 138 valence electrons. The first-order valence-electron chi connectivity index (χ1n) is 9.18. The first-order chi connectivity index (χ1) is 13.3. The van der Waals surface area contributed by atoms with E-state index in [0.717, 1.165) is 29.9 Å². The van der Waals surface area contributed by atoms with Crippen LogP contribution in [0.3, 0.4) is 0 Å². The van der Waals surface area contributed by atoms with Crippen molar-refractivity contribution in [1.82, 2.24) is 15.3 Å². The van der Waals surface area contributed by atoms with Crippen LogP contribution in [0, 0.1) is 0 Å². The van der Waals surface area contributed by atoms with Crippen LogP contribution in [0.5, 0.6) is 5.88 Å². The van der Waals surface area contributed by atoms with Gasteiger partial charge in [-0.15, -0.1) is 0 Å². The number of hydrogen-bond acceptors (Lipinski definition) is 5. The third-order valence-corrected chi connectivity index (χ3v) is 4.64. The van der Waals surface area contributed by atoms with Gasteiger partial charge in [0.2, 0.25) is 5.88 Å². The summed E-state index contributed by atoms with van der Waals surface area (Å²) in [5, 5.41) is 2.88. The van der Waals surface area contributed by atoms with Gasteiger partial charge in [-0.2, -0.15) is 0 Å². The summed E-state index contributed by atoms with van der Waals surface area (Å²) in [6.07, 6.45) is 9.74. The molecule has 0 radical (unpaired) electrons. The van der Waals surface area contributed by atoms with Crippen molar-refractivity contribution >= 4 is 5.91 Å². The van der Waals surface area contributed by atoms with Gasteiger partial charge in [0, 0.05) is 25.0 Å². The minimum Gasteiger partial charge on any atom is -0.474 e. The van der Waals surface area contributed by atoms with Crippen LogP contribution in [-0.2, 0) is 6.54 Å². The Morgan fingerprint density at radius 3 is 2.67 bits per heavy atom. The summed E-state index contributed by atoms with van der Waals surface area (Å²) in [5.41, 5.74) is 2.18. The number of amides is 1. The Kier molecular flexibility index (Phi) is 5.14. The van der Waals surface area contributed by atoms with E-state index in [4.69, 9.17) is 9.15 Å². The lowest BCUT2D eigenvalue weighted by Gasteiger charge is -2.12. The summed E-state index contributed by atoms with van der Waals surface area (Å²) in [6, 6.07) is 11.0. The third-order valence-electron chi connectivity index (χ3n) is 4.64. The zero-order chi connectivity index (χ0) is 18.5. The second-order valence-corrected chi connectivity index (χ2v) is 6.62. The summed E-state index contributed by atoms with van der Waals surface area (Å²) < 4.78 is 11.1.